The molecule has 1 aromatic carbocycles. The molecule has 0 radical (unpaired) electrons. The first-order chi connectivity index (χ1) is 7.40. The van der Waals surface area contributed by atoms with Crippen LogP contribution in [0.2, 0.25) is 0 Å². The Hall–Kier alpha value is -0.540. The van der Waals surface area contributed by atoms with Gasteiger partial charge < -0.3 is 4.74 Å². The maximum absolute atomic E-state index is 12.0. The highest BCUT2D eigenvalue weighted by molar-refractivity contribution is 9.10. The minimum absolute atomic E-state index is 0.111. The van der Waals surface area contributed by atoms with Crippen LogP contribution in [0.4, 0.5) is 0 Å². The minimum Gasteiger partial charge on any atom is -0.496 e. The Bertz CT molecular complexity index is 428. The molecule has 0 fully saturated rings. The lowest BCUT2D eigenvalue weighted by Gasteiger charge is -2.15. The first-order valence-electron chi connectivity index (χ1n) is 4.92. The summed E-state index contributed by atoms with van der Waals surface area (Å²) in [4.78, 5) is 12.0. The second-order valence-electron chi connectivity index (χ2n) is 3.69. The molecule has 0 saturated heterocycles. The van der Waals surface area contributed by atoms with E-state index in [2.05, 4.69) is 15.9 Å². The SMILES string of the molecule is COc1c(C)cc(Br)c(C)c1C(=O)C(C)Cl. The van der Waals surface area contributed by atoms with Crippen LogP contribution in [0, 0.1) is 13.8 Å². The number of hydrogen-bond acceptors (Lipinski definition) is 2. The van der Waals surface area contributed by atoms with Gasteiger partial charge in [0, 0.05) is 4.47 Å². The van der Waals surface area contributed by atoms with E-state index in [-0.39, 0.29) is 5.78 Å². The van der Waals surface area contributed by atoms with Crippen LogP contribution in [-0.2, 0) is 0 Å². The third-order valence-electron chi connectivity index (χ3n) is 2.47. The fourth-order valence-corrected chi connectivity index (χ4v) is 2.26. The predicted molar refractivity (Wildman–Crippen MR) is 69.8 cm³/mol. The summed E-state index contributed by atoms with van der Waals surface area (Å²) in [7, 11) is 1.56. The summed E-state index contributed by atoms with van der Waals surface area (Å²) in [6.07, 6.45) is 0. The molecule has 0 spiro atoms. The molecule has 0 aromatic heterocycles. The van der Waals surface area contributed by atoms with Gasteiger partial charge in [0.25, 0.3) is 0 Å². The van der Waals surface area contributed by atoms with Crippen LogP contribution in [-0.4, -0.2) is 18.3 Å². The van der Waals surface area contributed by atoms with Crippen molar-refractivity contribution in [2.45, 2.75) is 26.1 Å². The second-order valence-corrected chi connectivity index (χ2v) is 5.20. The molecule has 0 amide bonds. The minimum atomic E-state index is -0.554. The molecule has 0 aliphatic rings. The molecule has 0 aliphatic heterocycles. The maximum Gasteiger partial charge on any atom is 0.184 e. The molecule has 0 aliphatic carbocycles. The van der Waals surface area contributed by atoms with Gasteiger partial charge in [-0.1, -0.05) is 15.9 Å². The zero-order valence-electron chi connectivity index (χ0n) is 9.73. The Kier molecular flexibility index (Phi) is 4.39. The first-order valence-corrected chi connectivity index (χ1v) is 6.15. The Labute approximate surface area is 109 Å². The number of hydrogen-bond donors (Lipinski definition) is 0. The van der Waals surface area contributed by atoms with Gasteiger partial charge in [0.2, 0.25) is 0 Å². The molecular formula is C12H14BrClO2. The zero-order chi connectivity index (χ0) is 12.5. The van der Waals surface area contributed by atoms with Gasteiger partial charge in [0.05, 0.1) is 18.1 Å². The molecule has 1 atom stereocenters. The van der Waals surface area contributed by atoms with Crippen LogP contribution in [0.3, 0.4) is 0 Å². The van der Waals surface area contributed by atoms with Gasteiger partial charge in [-0.05, 0) is 38.0 Å². The van der Waals surface area contributed by atoms with Crippen LogP contribution < -0.4 is 4.74 Å². The Morgan fingerprint density at radius 1 is 1.50 bits per heavy atom. The molecule has 1 unspecified atom stereocenters. The van der Waals surface area contributed by atoms with Gasteiger partial charge in [-0.3, -0.25) is 4.79 Å². The van der Waals surface area contributed by atoms with Crippen molar-refractivity contribution in [1.29, 1.82) is 0 Å². The fraction of sp³-hybridized carbons (Fsp3) is 0.417. The van der Waals surface area contributed by atoms with Gasteiger partial charge in [-0.15, -0.1) is 11.6 Å². The molecule has 0 saturated carbocycles. The summed E-state index contributed by atoms with van der Waals surface area (Å²) in [5.74, 6) is 0.499. The summed E-state index contributed by atoms with van der Waals surface area (Å²) in [6, 6.07) is 1.93. The molecule has 1 aromatic rings. The number of carbonyl (C=O) groups excluding carboxylic acids is 1. The van der Waals surface area contributed by atoms with E-state index in [0.29, 0.717) is 11.3 Å². The summed E-state index contributed by atoms with van der Waals surface area (Å²) >= 11 is 9.27. The summed E-state index contributed by atoms with van der Waals surface area (Å²) in [5, 5.41) is -0.554. The lowest BCUT2D eigenvalue weighted by molar-refractivity contribution is 0.0988. The van der Waals surface area contributed by atoms with Crippen LogP contribution in [0.25, 0.3) is 0 Å². The molecule has 1 rings (SSSR count). The normalized spacial score (nSPS) is 12.4. The van der Waals surface area contributed by atoms with Crippen molar-refractivity contribution in [3.05, 3.63) is 27.2 Å². The lowest BCUT2D eigenvalue weighted by Crippen LogP contribution is -2.14. The van der Waals surface area contributed by atoms with Crippen LogP contribution in [0.5, 0.6) is 5.75 Å². The van der Waals surface area contributed by atoms with Gasteiger partial charge >= 0.3 is 0 Å². The molecule has 4 heteroatoms. The van der Waals surface area contributed by atoms with Crippen molar-refractivity contribution in [2.24, 2.45) is 0 Å². The van der Waals surface area contributed by atoms with Crippen molar-refractivity contribution >= 4 is 33.3 Å². The lowest BCUT2D eigenvalue weighted by atomic mass is 9.98. The van der Waals surface area contributed by atoms with Crippen LogP contribution in [0.1, 0.15) is 28.4 Å². The van der Waals surface area contributed by atoms with Crippen LogP contribution >= 0.6 is 27.5 Å². The van der Waals surface area contributed by atoms with Crippen molar-refractivity contribution < 1.29 is 9.53 Å². The van der Waals surface area contributed by atoms with E-state index in [1.54, 1.807) is 14.0 Å². The van der Waals surface area contributed by atoms with E-state index >= 15 is 0 Å². The number of carbonyl (C=O) groups is 1. The quantitative estimate of drug-likeness (QED) is 0.625. The number of aryl methyl sites for hydroxylation is 1. The van der Waals surface area contributed by atoms with Crippen molar-refractivity contribution in [1.82, 2.24) is 0 Å². The molecule has 0 heterocycles. The van der Waals surface area contributed by atoms with Gasteiger partial charge in [-0.2, -0.15) is 0 Å². The number of alkyl halides is 1. The number of ketones is 1. The third-order valence-corrected chi connectivity index (χ3v) is 3.50. The van der Waals surface area contributed by atoms with Crippen molar-refractivity contribution in [2.75, 3.05) is 7.11 Å². The van der Waals surface area contributed by atoms with Gasteiger partial charge in [0.15, 0.2) is 5.78 Å². The molecule has 88 valence electrons. The number of halogens is 2. The molecule has 16 heavy (non-hydrogen) atoms. The maximum atomic E-state index is 12.0. The monoisotopic (exact) mass is 304 g/mol. The highest BCUT2D eigenvalue weighted by Gasteiger charge is 2.22. The number of Topliss-reactive ketones (excluding diaryl/α,β-unsaturated/α-hetero) is 1. The van der Waals surface area contributed by atoms with E-state index in [1.807, 2.05) is 19.9 Å². The molecular weight excluding hydrogens is 291 g/mol. The molecule has 0 N–H and O–H groups in total. The number of methoxy groups -OCH3 is 1. The van der Waals surface area contributed by atoms with E-state index in [1.165, 1.54) is 0 Å². The van der Waals surface area contributed by atoms with Crippen molar-refractivity contribution in [3.8, 4) is 5.75 Å². The largest absolute Gasteiger partial charge is 0.496 e. The molecule has 0 bridgehead atoms. The summed E-state index contributed by atoms with van der Waals surface area (Å²) in [5.41, 5.74) is 2.34. The Morgan fingerprint density at radius 2 is 2.06 bits per heavy atom. The predicted octanol–water partition coefficient (Wildman–Crippen LogP) is 3.88. The number of benzene rings is 1. The topological polar surface area (TPSA) is 26.3 Å². The Morgan fingerprint density at radius 3 is 2.50 bits per heavy atom. The second kappa shape index (κ2) is 5.19. The smallest absolute Gasteiger partial charge is 0.184 e. The average molecular weight is 306 g/mol. The Balaban J connectivity index is 3.51. The highest BCUT2D eigenvalue weighted by atomic mass is 79.9. The highest BCUT2D eigenvalue weighted by Crippen LogP contribution is 2.33. The van der Waals surface area contributed by atoms with Gasteiger partial charge in [0.1, 0.15) is 5.75 Å². The molecule has 2 nitrogen and oxygen atoms in total. The standard InChI is InChI=1S/C12H14BrClO2/c1-6-5-9(13)7(2)10(12(6)16-4)11(15)8(3)14/h5,8H,1-4H3. The van der Waals surface area contributed by atoms with E-state index in [0.717, 1.165) is 15.6 Å². The fourth-order valence-electron chi connectivity index (χ4n) is 1.61. The third kappa shape index (κ3) is 2.41. The van der Waals surface area contributed by atoms with E-state index < -0.39 is 5.38 Å². The van der Waals surface area contributed by atoms with E-state index in [9.17, 15) is 4.79 Å². The number of rotatable bonds is 3. The average Bonchev–Trinajstić information content (AvgIpc) is 2.21. The zero-order valence-corrected chi connectivity index (χ0v) is 12.1. The van der Waals surface area contributed by atoms with Gasteiger partial charge in [-0.25, -0.2) is 0 Å². The van der Waals surface area contributed by atoms with Crippen LogP contribution in [0.15, 0.2) is 10.5 Å². The summed E-state index contributed by atoms with van der Waals surface area (Å²) in [6.45, 7) is 5.44. The summed E-state index contributed by atoms with van der Waals surface area (Å²) < 4.78 is 6.18. The van der Waals surface area contributed by atoms with E-state index in [4.69, 9.17) is 16.3 Å². The number of ether oxygens (including phenoxy) is 1. The first kappa shape index (κ1) is 13.5. The van der Waals surface area contributed by atoms with Crippen molar-refractivity contribution in [3.63, 3.8) is 0 Å².